The van der Waals surface area contributed by atoms with Gasteiger partial charge in [-0.25, -0.2) is 4.98 Å². The summed E-state index contributed by atoms with van der Waals surface area (Å²) in [5.41, 5.74) is -0.117. The molecule has 1 saturated carbocycles. The molecule has 4 rings (SSSR count). The van der Waals surface area contributed by atoms with E-state index in [4.69, 9.17) is 9.31 Å². The molecule has 1 aromatic rings. The van der Waals surface area contributed by atoms with Crippen molar-refractivity contribution in [2.45, 2.75) is 64.2 Å². The Morgan fingerprint density at radius 1 is 1.07 bits per heavy atom. The van der Waals surface area contributed by atoms with Gasteiger partial charge in [0.2, 0.25) is 6.41 Å². The van der Waals surface area contributed by atoms with Crippen LogP contribution in [0.3, 0.4) is 0 Å². The Hall–Kier alpha value is -1.67. The van der Waals surface area contributed by atoms with E-state index in [1.54, 1.807) is 6.20 Å². The van der Waals surface area contributed by atoms with E-state index in [-0.39, 0.29) is 16.7 Å². The molecular weight excluding hydrogens is 343 g/mol. The molecule has 1 amide bonds. The summed E-state index contributed by atoms with van der Waals surface area (Å²) in [5.74, 6) is 2.08. The first-order chi connectivity index (χ1) is 12.6. The lowest BCUT2D eigenvalue weighted by Gasteiger charge is -2.32. The summed E-state index contributed by atoms with van der Waals surface area (Å²) in [6.07, 6.45) is 6.46. The van der Waals surface area contributed by atoms with Crippen LogP contribution in [0.1, 0.15) is 47.5 Å². The topological polar surface area (TPSA) is 76.6 Å². The van der Waals surface area contributed by atoms with Gasteiger partial charge in [0.15, 0.2) is 0 Å². The van der Waals surface area contributed by atoms with Crippen molar-refractivity contribution in [3.63, 3.8) is 0 Å². The van der Waals surface area contributed by atoms with Gasteiger partial charge in [-0.1, -0.05) is 0 Å². The molecule has 2 saturated heterocycles. The van der Waals surface area contributed by atoms with Crippen LogP contribution < -0.4 is 15.8 Å². The number of hydrogen-bond acceptors (Lipinski definition) is 6. The minimum Gasteiger partial charge on any atom is -0.398 e. The second-order valence-electron chi connectivity index (χ2n) is 9.54. The Morgan fingerprint density at radius 3 is 2.15 bits per heavy atom. The van der Waals surface area contributed by atoms with E-state index in [0.29, 0.717) is 17.4 Å². The Kier molecular flexibility index (Phi) is 4.27. The Bertz CT molecular complexity index is 694. The van der Waals surface area contributed by atoms with Crippen LogP contribution in [0.2, 0.25) is 0 Å². The Labute approximate surface area is 161 Å². The zero-order valence-electron chi connectivity index (χ0n) is 16.9. The number of nitrogens with zero attached hydrogens (tertiary/aromatic N) is 3. The summed E-state index contributed by atoms with van der Waals surface area (Å²) < 4.78 is 12.1. The molecule has 8 heteroatoms. The molecule has 0 radical (unpaired) electrons. The van der Waals surface area contributed by atoms with Gasteiger partial charge in [0.1, 0.15) is 5.82 Å². The maximum absolute atomic E-state index is 10.8. The minimum absolute atomic E-state index is 0.0601. The van der Waals surface area contributed by atoms with Crippen molar-refractivity contribution in [1.29, 1.82) is 0 Å². The molecule has 0 bridgehead atoms. The standard InChI is InChI=1S/C19H29BN4O3/c1-17(2)18(3,4)27-20(26-17)15-8-22-16(9-21-15)24-10-13-6-19(5,23-12-25)7-14(13)11-24/h8-9,12-14H,6-7,10-11H2,1-5H3,(H,23,25)/t13-,14+,19+. The van der Waals surface area contributed by atoms with Crippen LogP contribution in [-0.2, 0) is 14.1 Å². The van der Waals surface area contributed by atoms with Gasteiger partial charge in [0.05, 0.1) is 23.0 Å². The highest BCUT2D eigenvalue weighted by Crippen LogP contribution is 2.44. The molecule has 27 heavy (non-hydrogen) atoms. The molecule has 3 fully saturated rings. The van der Waals surface area contributed by atoms with Crippen molar-refractivity contribution in [3.05, 3.63) is 12.4 Å². The van der Waals surface area contributed by atoms with Crippen LogP contribution >= 0.6 is 0 Å². The molecule has 2 aliphatic heterocycles. The van der Waals surface area contributed by atoms with Crippen LogP contribution in [0, 0.1) is 11.8 Å². The fraction of sp³-hybridized carbons (Fsp3) is 0.737. The maximum Gasteiger partial charge on any atom is 0.516 e. The number of aromatic nitrogens is 2. The molecular formula is C19H29BN4O3. The van der Waals surface area contributed by atoms with E-state index < -0.39 is 7.12 Å². The molecule has 0 aromatic carbocycles. The van der Waals surface area contributed by atoms with Crippen LogP contribution in [0.5, 0.6) is 0 Å². The molecule has 7 nitrogen and oxygen atoms in total. The predicted octanol–water partition coefficient (Wildman–Crippen LogP) is 1.13. The first kappa shape index (κ1) is 18.7. The van der Waals surface area contributed by atoms with E-state index in [9.17, 15) is 4.79 Å². The number of fused-ring (bicyclic) bond motifs is 1. The molecule has 1 aliphatic carbocycles. The normalized spacial score (nSPS) is 34.0. The van der Waals surface area contributed by atoms with Crippen LogP contribution in [0.4, 0.5) is 5.82 Å². The third-order valence-electron chi connectivity index (χ3n) is 6.89. The smallest absolute Gasteiger partial charge is 0.398 e. The van der Waals surface area contributed by atoms with E-state index in [0.717, 1.165) is 38.2 Å². The van der Waals surface area contributed by atoms with E-state index in [1.807, 2.05) is 33.9 Å². The number of amides is 1. The molecule has 1 aromatic heterocycles. The van der Waals surface area contributed by atoms with E-state index >= 15 is 0 Å². The van der Waals surface area contributed by atoms with Gasteiger partial charge in [-0.2, -0.15) is 0 Å². The number of rotatable bonds is 4. The number of hydrogen-bond donors (Lipinski definition) is 1. The largest absolute Gasteiger partial charge is 0.516 e. The zero-order chi connectivity index (χ0) is 19.4. The van der Waals surface area contributed by atoms with Gasteiger partial charge in [0.25, 0.3) is 0 Å². The van der Waals surface area contributed by atoms with Gasteiger partial charge in [0, 0.05) is 24.8 Å². The highest BCUT2D eigenvalue weighted by Gasteiger charge is 2.52. The van der Waals surface area contributed by atoms with Crippen LogP contribution in [0.25, 0.3) is 0 Å². The van der Waals surface area contributed by atoms with Crippen LogP contribution in [0.15, 0.2) is 12.4 Å². The second-order valence-corrected chi connectivity index (χ2v) is 9.54. The average Bonchev–Trinajstić information content (AvgIpc) is 3.15. The quantitative estimate of drug-likeness (QED) is 0.631. The van der Waals surface area contributed by atoms with Gasteiger partial charge >= 0.3 is 7.12 Å². The van der Waals surface area contributed by atoms with Gasteiger partial charge < -0.3 is 19.5 Å². The summed E-state index contributed by atoms with van der Waals surface area (Å²) in [6, 6.07) is 0. The Balaban J connectivity index is 1.41. The molecule has 3 aliphatic rings. The summed E-state index contributed by atoms with van der Waals surface area (Å²) in [6.45, 7) is 12.2. The van der Waals surface area contributed by atoms with Crippen molar-refractivity contribution in [1.82, 2.24) is 15.3 Å². The molecule has 0 spiro atoms. The fourth-order valence-electron chi connectivity index (χ4n) is 4.67. The van der Waals surface area contributed by atoms with Crippen molar-refractivity contribution >= 4 is 24.9 Å². The van der Waals surface area contributed by atoms with Crippen LogP contribution in [-0.4, -0.2) is 53.3 Å². The number of anilines is 1. The molecule has 3 heterocycles. The predicted molar refractivity (Wildman–Crippen MR) is 104 cm³/mol. The molecule has 3 atom stereocenters. The Morgan fingerprint density at radius 2 is 1.67 bits per heavy atom. The fourth-order valence-corrected chi connectivity index (χ4v) is 4.67. The summed E-state index contributed by atoms with van der Waals surface area (Å²) in [7, 11) is -0.482. The number of carbonyl (C=O) groups excluding carboxylic acids is 1. The SMILES string of the molecule is CC1(C)OB(c2cnc(N3C[C@@H]4C[C@@](C)(NC=O)C[C@@H]4C3)cn2)OC1(C)C. The third-order valence-corrected chi connectivity index (χ3v) is 6.89. The molecule has 1 N–H and O–H groups in total. The van der Waals surface area contributed by atoms with Crippen molar-refractivity contribution in [2.24, 2.45) is 11.8 Å². The number of carbonyl (C=O) groups is 1. The molecule has 0 unspecified atom stereocenters. The van der Waals surface area contributed by atoms with E-state index in [1.165, 1.54) is 0 Å². The highest BCUT2D eigenvalue weighted by atomic mass is 16.7. The highest BCUT2D eigenvalue weighted by molar-refractivity contribution is 6.61. The summed E-state index contributed by atoms with van der Waals surface area (Å²) in [4.78, 5) is 22.3. The van der Waals surface area contributed by atoms with Crippen molar-refractivity contribution < 1.29 is 14.1 Å². The lowest BCUT2D eigenvalue weighted by molar-refractivity contribution is -0.111. The number of nitrogens with one attached hydrogen (secondary N) is 1. The second kappa shape index (κ2) is 6.17. The van der Waals surface area contributed by atoms with Gasteiger partial charge in [-0.05, 0) is 59.3 Å². The first-order valence-electron chi connectivity index (χ1n) is 9.76. The van der Waals surface area contributed by atoms with Crippen molar-refractivity contribution in [3.8, 4) is 0 Å². The van der Waals surface area contributed by atoms with Crippen molar-refractivity contribution in [2.75, 3.05) is 18.0 Å². The van der Waals surface area contributed by atoms with E-state index in [2.05, 4.69) is 27.1 Å². The summed E-state index contributed by atoms with van der Waals surface area (Å²) in [5, 5.41) is 3.00. The maximum atomic E-state index is 10.8. The average molecular weight is 372 g/mol. The first-order valence-corrected chi connectivity index (χ1v) is 9.76. The lowest BCUT2D eigenvalue weighted by Crippen LogP contribution is -2.41. The summed E-state index contributed by atoms with van der Waals surface area (Å²) >= 11 is 0. The van der Waals surface area contributed by atoms with Gasteiger partial charge in [-0.15, -0.1) is 0 Å². The van der Waals surface area contributed by atoms with Gasteiger partial charge in [-0.3, -0.25) is 9.78 Å². The lowest BCUT2D eigenvalue weighted by atomic mass is 9.85. The molecule has 146 valence electrons. The zero-order valence-corrected chi connectivity index (χ0v) is 16.9. The minimum atomic E-state index is -0.482. The third kappa shape index (κ3) is 3.23. The monoisotopic (exact) mass is 372 g/mol.